The number of hydrogen-bond donors (Lipinski definition) is 2. The molecule has 0 heterocycles. The van der Waals surface area contributed by atoms with Crippen LogP contribution in [0.5, 0.6) is 11.5 Å². The molecular formula is C12H20N2O2. The highest BCUT2D eigenvalue weighted by atomic mass is 16.5. The van der Waals surface area contributed by atoms with Gasteiger partial charge in [0.05, 0.1) is 14.2 Å². The molecule has 1 unspecified atom stereocenters. The van der Waals surface area contributed by atoms with E-state index in [0.29, 0.717) is 5.75 Å². The van der Waals surface area contributed by atoms with Crippen LogP contribution in [0.15, 0.2) is 18.2 Å². The molecule has 4 nitrogen and oxygen atoms in total. The largest absolute Gasteiger partial charge is 0.493 e. The normalized spacial score (nSPS) is 12.2. The average Bonchev–Trinajstić information content (AvgIpc) is 2.34. The van der Waals surface area contributed by atoms with E-state index in [2.05, 4.69) is 12.2 Å². The summed E-state index contributed by atoms with van der Waals surface area (Å²) in [4.78, 5) is 0. The Morgan fingerprint density at radius 3 is 2.50 bits per heavy atom. The number of benzene rings is 1. The van der Waals surface area contributed by atoms with Crippen molar-refractivity contribution in [2.45, 2.75) is 13.0 Å². The number of likely N-dealkylation sites (N-methyl/N-ethyl adjacent to an activating group) is 1. The van der Waals surface area contributed by atoms with Gasteiger partial charge in [0.15, 0.2) is 11.5 Å². The lowest BCUT2D eigenvalue weighted by atomic mass is 10.1. The molecule has 16 heavy (non-hydrogen) atoms. The standard InChI is InChI=1S/C12H20N2O2/c1-4-14-8-10(13)9-5-6-11(15-2)12(7-9)16-3/h5-7,10,14H,4,8,13H2,1-3H3. The van der Waals surface area contributed by atoms with Gasteiger partial charge >= 0.3 is 0 Å². The Balaban J connectivity index is 2.81. The predicted octanol–water partition coefficient (Wildman–Crippen LogP) is 1.31. The molecule has 0 saturated heterocycles. The molecule has 0 radical (unpaired) electrons. The van der Waals surface area contributed by atoms with Gasteiger partial charge in [-0.15, -0.1) is 0 Å². The van der Waals surface area contributed by atoms with E-state index in [4.69, 9.17) is 15.2 Å². The minimum atomic E-state index is -0.0280. The predicted molar refractivity (Wildman–Crippen MR) is 65.0 cm³/mol. The van der Waals surface area contributed by atoms with Crippen LogP contribution in [0.1, 0.15) is 18.5 Å². The topological polar surface area (TPSA) is 56.5 Å². The molecule has 90 valence electrons. The summed E-state index contributed by atoms with van der Waals surface area (Å²) in [6, 6.07) is 5.73. The highest BCUT2D eigenvalue weighted by Gasteiger charge is 2.09. The maximum Gasteiger partial charge on any atom is 0.161 e. The van der Waals surface area contributed by atoms with E-state index in [0.717, 1.165) is 24.4 Å². The van der Waals surface area contributed by atoms with Crippen LogP contribution in [-0.2, 0) is 0 Å². The number of methoxy groups -OCH3 is 2. The van der Waals surface area contributed by atoms with Crippen LogP contribution >= 0.6 is 0 Å². The second-order valence-electron chi connectivity index (χ2n) is 3.53. The summed E-state index contributed by atoms with van der Waals surface area (Å²) in [5.74, 6) is 1.44. The van der Waals surface area contributed by atoms with Gasteiger partial charge in [0, 0.05) is 12.6 Å². The fourth-order valence-corrected chi connectivity index (χ4v) is 1.50. The second-order valence-corrected chi connectivity index (χ2v) is 3.53. The smallest absolute Gasteiger partial charge is 0.161 e. The fourth-order valence-electron chi connectivity index (χ4n) is 1.50. The molecule has 0 aliphatic rings. The van der Waals surface area contributed by atoms with Crippen LogP contribution in [-0.4, -0.2) is 27.3 Å². The second kappa shape index (κ2) is 6.35. The Bertz CT molecular complexity index is 329. The average molecular weight is 224 g/mol. The third kappa shape index (κ3) is 3.12. The molecule has 0 spiro atoms. The quantitative estimate of drug-likeness (QED) is 0.765. The van der Waals surface area contributed by atoms with Gasteiger partial charge in [-0.3, -0.25) is 0 Å². The summed E-state index contributed by atoms with van der Waals surface area (Å²) < 4.78 is 10.4. The monoisotopic (exact) mass is 224 g/mol. The van der Waals surface area contributed by atoms with Crippen molar-refractivity contribution in [2.24, 2.45) is 5.73 Å². The van der Waals surface area contributed by atoms with Crippen LogP contribution in [0.25, 0.3) is 0 Å². The minimum absolute atomic E-state index is 0.0280. The molecule has 1 atom stereocenters. The van der Waals surface area contributed by atoms with Crippen molar-refractivity contribution in [1.82, 2.24) is 5.32 Å². The number of nitrogens with two attached hydrogens (primary N) is 1. The number of ether oxygens (including phenoxy) is 2. The number of rotatable bonds is 6. The molecule has 1 aromatic carbocycles. The molecule has 1 rings (SSSR count). The Hall–Kier alpha value is -1.26. The summed E-state index contributed by atoms with van der Waals surface area (Å²) in [5.41, 5.74) is 7.08. The molecule has 0 aliphatic heterocycles. The van der Waals surface area contributed by atoms with Gasteiger partial charge in [-0.05, 0) is 24.2 Å². The van der Waals surface area contributed by atoms with Crippen LogP contribution in [0.3, 0.4) is 0 Å². The lowest BCUT2D eigenvalue weighted by Crippen LogP contribution is -2.26. The SMILES string of the molecule is CCNCC(N)c1ccc(OC)c(OC)c1. The van der Waals surface area contributed by atoms with Crippen molar-refractivity contribution in [3.63, 3.8) is 0 Å². The highest BCUT2D eigenvalue weighted by molar-refractivity contribution is 5.43. The fraction of sp³-hybridized carbons (Fsp3) is 0.500. The summed E-state index contributed by atoms with van der Waals surface area (Å²) in [6.07, 6.45) is 0. The van der Waals surface area contributed by atoms with E-state index >= 15 is 0 Å². The minimum Gasteiger partial charge on any atom is -0.493 e. The Morgan fingerprint density at radius 2 is 1.94 bits per heavy atom. The molecule has 0 fully saturated rings. The van der Waals surface area contributed by atoms with Crippen molar-refractivity contribution < 1.29 is 9.47 Å². The summed E-state index contributed by atoms with van der Waals surface area (Å²) in [7, 11) is 3.24. The molecule has 3 N–H and O–H groups in total. The summed E-state index contributed by atoms with van der Waals surface area (Å²) in [5, 5.41) is 3.22. The van der Waals surface area contributed by atoms with Crippen molar-refractivity contribution in [3.8, 4) is 11.5 Å². The lowest BCUT2D eigenvalue weighted by molar-refractivity contribution is 0.354. The van der Waals surface area contributed by atoms with Gasteiger partial charge in [0.2, 0.25) is 0 Å². The van der Waals surface area contributed by atoms with Crippen molar-refractivity contribution >= 4 is 0 Å². The van der Waals surface area contributed by atoms with Crippen LogP contribution < -0.4 is 20.5 Å². The molecule has 0 aromatic heterocycles. The van der Waals surface area contributed by atoms with Gasteiger partial charge in [-0.2, -0.15) is 0 Å². The third-order valence-corrected chi connectivity index (χ3v) is 2.45. The lowest BCUT2D eigenvalue weighted by Gasteiger charge is -2.15. The van der Waals surface area contributed by atoms with E-state index in [1.165, 1.54) is 0 Å². The zero-order valence-corrected chi connectivity index (χ0v) is 10.1. The zero-order valence-electron chi connectivity index (χ0n) is 10.1. The van der Waals surface area contributed by atoms with E-state index in [1.807, 2.05) is 18.2 Å². The maximum atomic E-state index is 6.04. The molecular weight excluding hydrogens is 204 g/mol. The highest BCUT2D eigenvalue weighted by Crippen LogP contribution is 2.29. The van der Waals surface area contributed by atoms with E-state index < -0.39 is 0 Å². The first-order valence-corrected chi connectivity index (χ1v) is 5.41. The van der Waals surface area contributed by atoms with E-state index in [1.54, 1.807) is 14.2 Å². The van der Waals surface area contributed by atoms with E-state index in [-0.39, 0.29) is 6.04 Å². The maximum absolute atomic E-state index is 6.04. The van der Waals surface area contributed by atoms with Crippen molar-refractivity contribution in [1.29, 1.82) is 0 Å². The molecule has 1 aromatic rings. The molecule has 0 amide bonds. The van der Waals surface area contributed by atoms with Crippen LogP contribution in [0, 0.1) is 0 Å². The van der Waals surface area contributed by atoms with Gasteiger partial charge in [0.1, 0.15) is 0 Å². The summed E-state index contributed by atoms with van der Waals surface area (Å²) >= 11 is 0. The van der Waals surface area contributed by atoms with E-state index in [9.17, 15) is 0 Å². The van der Waals surface area contributed by atoms with Crippen molar-refractivity contribution in [3.05, 3.63) is 23.8 Å². The van der Waals surface area contributed by atoms with Gasteiger partial charge < -0.3 is 20.5 Å². The van der Waals surface area contributed by atoms with Crippen LogP contribution in [0.4, 0.5) is 0 Å². The zero-order chi connectivity index (χ0) is 12.0. The first-order valence-electron chi connectivity index (χ1n) is 5.41. The molecule has 0 bridgehead atoms. The first-order chi connectivity index (χ1) is 7.72. The third-order valence-electron chi connectivity index (χ3n) is 2.45. The molecule has 0 saturated carbocycles. The first kappa shape index (κ1) is 12.8. The Kier molecular flexibility index (Phi) is 5.08. The van der Waals surface area contributed by atoms with Crippen LogP contribution in [0.2, 0.25) is 0 Å². The number of nitrogens with one attached hydrogen (secondary N) is 1. The Morgan fingerprint density at radius 1 is 1.25 bits per heavy atom. The molecule has 4 heteroatoms. The molecule has 0 aliphatic carbocycles. The van der Waals surface area contributed by atoms with Gasteiger partial charge in [0.25, 0.3) is 0 Å². The number of hydrogen-bond acceptors (Lipinski definition) is 4. The van der Waals surface area contributed by atoms with Gasteiger partial charge in [-0.25, -0.2) is 0 Å². The van der Waals surface area contributed by atoms with Gasteiger partial charge in [-0.1, -0.05) is 13.0 Å². The van der Waals surface area contributed by atoms with Crippen molar-refractivity contribution in [2.75, 3.05) is 27.3 Å². The summed E-state index contributed by atoms with van der Waals surface area (Å²) in [6.45, 7) is 3.73. The Labute approximate surface area is 96.7 Å².